The Morgan fingerprint density at radius 1 is 1.15 bits per heavy atom. The van der Waals surface area contributed by atoms with Crippen molar-refractivity contribution >= 4 is 0 Å². The molecule has 0 unspecified atom stereocenters. The summed E-state index contributed by atoms with van der Waals surface area (Å²) in [7, 11) is 0. The van der Waals surface area contributed by atoms with Crippen LogP contribution in [0.4, 0.5) is 0 Å². The SMILES string of the molecule is CC(C)(C)[C@@H](N)CN1CCCCC1. The summed E-state index contributed by atoms with van der Waals surface area (Å²) in [5.74, 6) is 0. The third-order valence-corrected chi connectivity index (χ3v) is 3.02. The van der Waals surface area contributed by atoms with Gasteiger partial charge in [0.05, 0.1) is 0 Å². The fourth-order valence-electron chi connectivity index (χ4n) is 1.69. The zero-order valence-corrected chi connectivity index (χ0v) is 9.34. The Kier molecular flexibility index (Phi) is 3.74. The van der Waals surface area contributed by atoms with Gasteiger partial charge in [0, 0.05) is 12.6 Å². The lowest BCUT2D eigenvalue weighted by Gasteiger charge is -2.34. The lowest BCUT2D eigenvalue weighted by Crippen LogP contribution is -2.46. The smallest absolute Gasteiger partial charge is 0.0217 e. The number of piperidine rings is 1. The van der Waals surface area contributed by atoms with Crippen LogP contribution in [0.2, 0.25) is 0 Å². The van der Waals surface area contributed by atoms with Crippen LogP contribution in [0.25, 0.3) is 0 Å². The fraction of sp³-hybridized carbons (Fsp3) is 1.00. The molecule has 0 spiro atoms. The van der Waals surface area contributed by atoms with E-state index in [1.54, 1.807) is 0 Å². The molecule has 1 atom stereocenters. The Hall–Kier alpha value is -0.0800. The van der Waals surface area contributed by atoms with Gasteiger partial charge >= 0.3 is 0 Å². The standard InChI is InChI=1S/C11H24N2/c1-11(2,3)10(12)9-13-7-5-4-6-8-13/h10H,4-9,12H2,1-3H3/t10-/m0/s1. The van der Waals surface area contributed by atoms with Gasteiger partial charge in [-0.3, -0.25) is 0 Å². The Morgan fingerprint density at radius 3 is 2.15 bits per heavy atom. The van der Waals surface area contributed by atoms with Crippen LogP contribution in [0.5, 0.6) is 0 Å². The minimum absolute atomic E-state index is 0.247. The highest BCUT2D eigenvalue weighted by atomic mass is 15.1. The second-order valence-corrected chi connectivity index (χ2v) is 5.33. The molecule has 0 aromatic heterocycles. The van der Waals surface area contributed by atoms with Crippen LogP contribution in [-0.4, -0.2) is 30.6 Å². The number of nitrogens with two attached hydrogens (primary N) is 1. The molecule has 1 rings (SSSR count). The summed E-state index contributed by atoms with van der Waals surface area (Å²) in [5.41, 5.74) is 6.39. The first-order valence-electron chi connectivity index (χ1n) is 5.48. The molecule has 0 aliphatic carbocycles. The van der Waals surface area contributed by atoms with Crippen LogP contribution in [0.3, 0.4) is 0 Å². The van der Waals surface area contributed by atoms with Crippen molar-refractivity contribution in [2.75, 3.05) is 19.6 Å². The van der Waals surface area contributed by atoms with E-state index in [4.69, 9.17) is 5.73 Å². The second kappa shape index (κ2) is 4.43. The molecule has 1 heterocycles. The summed E-state index contributed by atoms with van der Waals surface area (Å²) >= 11 is 0. The first kappa shape index (κ1) is 11.0. The lowest BCUT2D eigenvalue weighted by atomic mass is 9.87. The van der Waals surface area contributed by atoms with Gasteiger partial charge in [-0.15, -0.1) is 0 Å². The maximum atomic E-state index is 6.14. The van der Waals surface area contributed by atoms with Gasteiger partial charge < -0.3 is 10.6 Å². The Morgan fingerprint density at radius 2 is 1.69 bits per heavy atom. The molecule has 1 aliphatic rings. The van der Waals surface area contributed by atoms with Crippen molar-refractivity contribution in [3.8, 4) is 0 Å². The average molecular weight is 184 g/mol. The number of hydrogen-bond acceptors (Lipinski definition) is 2. The Bertz CT molecular complexity index is 143. The van der Waals surface area contributed by atoms with Crippen LogP contribution >= 0.6 is 0 Å². The van der Waals surface area contributed by atoms with Gasteiger partial charge in [-0.1, -0.05) is 27.2 Å². The minimum Gasteiger partial charge on any atom is -0.326 e. The molecular weight excluding hydrogens is 160 g/mol. The third kappa shape index (κ3) is 3.65. The first-order chi connectivity index (χ1) is 6.00. The van der Waals surface area contributed by atoms with Crippen LogP contribution in [0, 0.1) is 5.41 Å². The van der Waals surface area contributed by atoms with E-state index in [-0.39, 0.29) is 5.41 Å². The largest absolute Gasteiger partial charge is 0.326 e. The molecular formula is C11H24N2. The van der Waals surface area contributed by atoms with Gasteiger partial charge in [-0.2, -0.15) is 0 Å². The van der Waals surface area contributed by atoms with Gasteiger partial charge in [0.1, 0.15) is 0 Å². The molecule has 0 radical (unpaired) electrons. The zero-order chi connectivity index (χ0) is 9.90. The van der Waals surface area contributed by atoms with E-state index in [0.29, 0.717) is 6.04 Å². The van der Waals surface area contributed by atoms with Crippen LogP contribution in [0.1, 0.15) is 40.0 Å². The molecule has 0 bridgehead atoms. The number of likely N-dealkylation sites (tertiary alicyclic amines) is 1. The third-order valence-electron chi connectivity index (χ3n) is 3.02. The van der Waals surface area contributed by atoms with Gasteiger partial charge in [-0.05, 0) is 31.3 Å². The molecule has 2 heteroatoms. The summed E-state index contributed by atoms with van der Waals surface area (Å²) in [4.78, 5) is 2.51. The molecule has 13 heavy (non-hydrogen) atoms. The van der Waals surface area contributed by atoms with Crippen molar-refractivity contribution in [1.82, 2.24) is 4.90 Å². The Balaban J connectivity index is 2.30. The second-order valence-electron chi connectivity index (χ2n) is 5.33. The van der Waals surface area contributed by atoms with Gasteiger partial charge in [0.2, 0.25) is 0 Å². The van der Waals surface area contributed by atoms with E-state index < -0.39 is 0 Å². The summed E-state index contributed by atoms with van der Waals surface area (Å²) in [5, 5.41) is 0. The monoisotopic (exact) mass is 184 g/mol. The summed E-state index contributed by atoms with van der Waals surface area (Å²) in [6.07, 6.45) is 4.12. The molecule has 0 saturated carbocycles. The van der Waals surface area contributed by atoms with Crippen LogP contribution in [-0.2, 0) is 0 Å². The number of rotatable bonds is 2. The van der Waals surface area contributed by atoms with E-state index in [1.165, 1.54) is 32.4 Å². The maximum absolute atomic E-state index is 6.14. The van der Waals surface area contributed by atoms with Gasteiger partial charge in [-0.25, -0.2) is 0 Å². The highest BCUT2D eigenvalue weighted by molar-refractivity contribution is 4.81. The average Bonchev–Trinajstić information content (AvgIpc) is 2.04. The van der Waals surface area contributed by atoms with E-state index in [0.717, 1.165) is 6.54 Å². The quantitative estimate of drug-likeness (QED) is 0.709. The molecule has 0 aromatic carbocycles. The van der Waals surface area contributed by atoms with Crippen molar-refractivity contribution < 1.29 is 0 Å². The molecule has 1 saturated heterocycles. The van der Waals surface area contributed by atoms with E-state index in [1.807, 2.05) is 0 Å². The Labute approximate surface area is 82.5 Å². The fourth-order valence-corrected chi connectivity index (χ4v) is 1.69. The highest BCUT2D eigenvalue weighted by Crippen LogP contribution is 2.19. The zero-order valence-electron chi connectivity index (χ0n) is 9.34. The van der Waals surface area contributed by atoms with Crippen LogP contribution in [0.15, 0.2) is 0 Å². The predicted octanol–water partition coefficient (Wildman–Crippen LogP) is 1.85. The molecule has 0 amide bonds. The van der Waals surface area contributed by atoms with Gasteiger partial charge in [0.25, 0.3) is 0 Å². The van der Waals surface area contributed by atoms with Crippen molar-refractivity contribution in [2.24, 2.45) is 11.1 Å². The lowest BCUT2D eigenvalue weighted by molar-refractivity contribution is 0.174. The van der Waals surface area contributed by atoms with E-state index >= 15 is 0 Å². The van der Waals surface area contributed by atoms with Crippen molar-refractivity contribution in [2.45, 2.75) is 46.1 Å². The van der Waals surface area contributed by atoms with Crippen molar-refractivity contribution in [1.29, 1.82) is 0 Å². The number of hydrogen-bond donors (Lipinski definition) is 1. The predicted molar refractivity (Wildman–Crippen MR) is 57.7 cm³/mol. The first-order valence-corrected chi connectivity index (χ1v) is 5.48. The topological polar surface area (TPSA) is 29.3 Å². The molecule has 0 aromatic rings. The van der Waals surface area contributed by atoms with E-state index in [9.17, 15) is 0 Å². The molecule has 1 fully saturated rings. The normalized spacial score (nSPS) is 23.1. The van der Waals surface area contributed by atoms with E-state index in [2.05, 4.69) is 25.7 Å². The molecule has 1 aliphatic heterocycles. The summed E-state index contributed by atoms with van der Waals surface area (Å²) in [6, 6.07) is 0.311. The molecule has 78 valence electrons. The maximum Gasteiger partial charge on any atom is 0.0217 e. The van der Waals surface area contributed by atoms with Crippen molar-refractivity contribution in [3.05, 3.63) is 0 Å². The summed E-state index contributed by atoms with van der Waals surface area (Å²) in [6.45, 7) is 10.3. The van der Waals surface area contributed by atoms with Crippen LogP contribution < -0.4 is 5.73 Å². The molecule has 2 N–H and O–H groups in total. The van der Waals surface area contributed by atoms with Crippen molar-refractivity contribution in [3.63, 3.8) is 0 Å². The molecule has 2 nitrogen and oxygen atoms in total. The number of nitrogens with zero attached hydrogens (tertiary/aromatic N) is 1. The highest BCUT2D eigenvalue weighted by Gasteiger charge is 2.23. The summed E-state index contributed by atoms with van der Waals surface area (Å²) < 4.78 is 0. The van der Waals surface area contributed by atoms with Gasteiger partial charge in [0.15, 0.2) is 0 Å². The minimum atomic E-state index is 0.247.